The molecule has 0 radical (unpaired) electrons. The smallest absolute Gasteiger partial charge is 0.123 e. The van der Waals surface area contributed by atoms with Crippen LogP contribution in [-0.4, -0.2) is 20.3 Å². The Labute approximate surface area is 96.8 Å². The van der Waals surface area contributed by atoms with Gasteiger partial charge in [-0.2, -0.15) is 0 Å². The van der Waals surface area contributed by atoms with Crippen LogP contribution in [0.25, 0.3) is 0 Å². The number of ether oxygens (including phenoxy) is 1. The van der Waals surface area contributed by atoms with E-state index in [1.54, 1.807) is 13.2 Å². The maximum absolute atomic E-state index is 13.0. The van der Waals surface area contributed by atoms with Gasteiger partial charge in [-0.15, -0.1) is 0 Å². The van der Waals surface area contributed by atoms with Crippen LogP contribution in [0.3, 0.4) is 0 Å². The summed E-state index contributed by atoms with van der Waals surface area (Å²) in [6, 6.07) is 4.89. The largest absolute Gasteiger partial charge is 0.384 e. The average molecular weight is 225 g/mol. The molecular formula is C13H20FNO. The molecule has 0 bridgehead atoms. The Morgan fingerprint density at radius 2 is 2.19 bits per heavy atom. The lowest BCUT2D eigenvalue weighted by Gasteiger charge is -2.12. The quantitative estimate of drug-likeness (QED) is 0.803. The standard InChI is InChI=1S/C13H20FNO/c1-10(9-16-3)7-15-8-12-6-13(14)5-4-11(12)2/h4-6,10,15H,7-9H2,1-3H3. The van der Waals surface area contributed by atoms with Crippen molar-refractivity contribution in [2.24, 2.45) is 5.92 Å². The molecule has 0 aliphatic carbocycles. The van der Waals surface area contributed by atoms with Gasteiger partial charge in [-0.3, -0.25) is 0 Å². The lowest BCUT2D eigenvalue weighted by Crippen LogP contribution is -2.23. The molecule has 90 valence electrons. The zero-order chi connectivity index (χ0) is 12.0. The molecule has 1 unspecified atom stereocenters. The van der Waals surface area contributed by atoms with Gasteiger partial charge < -0.3 is 10.1 Å². The van der Waals surface area contributed by atoms with Crippen LogP contribution in [0.2, 0.25) is 0 Å². The van der Waals surface area contributed by atoms with E-state index >= 15 is 0 Å². The summed E-state index contributed by atoms with van der Waals surface area (Å²) in [6.45, 7) is 6.44. The van der Waals surface area contributed by atoms with E-state index in [1.807, 2.05) is 13.0 Å². The van der Waals surface area contributed by atoms with E-state index in [0.717, 1.165) is 24.3 Å². The Morgan fingerprint density at radius 3 is 2.88 bits per heavy atom. The predicted octanol–water partition coefficient (Wildman–Crippen LogP) is 2.51. The van der Waals surface area contributed by atoms with Crippen molar-refractivity contribution in [1.82, 2.24) is 5.32 Å². The van der Waals surface area contributed by atoms with Crippen molar-refractivity contribution in [2.75, 3.05) is 20.3 Å². The number of halogens is 1. The first-order valence-electron chi connectivity index (χ1n) is 5.58. The number of nitrogens with one attached hydrogen (secondary N) is 1. The molecule has 0 amide bonds. The monoisotopic (exact) mass is 225 g/mol. The number of rotatable bonds is 6. The molecule has 16 heavy (non-hydrogen) atoms. The molecule has 2 nitrogen and oxygen atoms in total. The molecule has 0 saturated heterocycles. The molecule has 0 aliphatic rings. The topological polar surface area (TPSA) is 21.3 Å². The van der Waals surface area contributed by atoms with Crippen molar-refractivity contribution in [1.29, 1.82) is 0 Å². The maximum atomic E-state index is 13.0. The number of hydrogen-bond donors (Lipinski definition) is 1. The van der Waals surface area contributed by atoms with E-state index in [2.05, 4.69) is 12.2 Å². The molecule has 1 aromatic rings. The van der Waals surface area contributed by atoms with Crippen molar-refractivity contribution in [2.45, 2.75) is 20.4 Å². The Bertz CT molecular complexity index is 328. The van der Waals surface area contributed by atoms with Gasteiger partial charge in [-0.1, -0.05) is 13.0 Å². The van der Waals surface area contributed by atoms with Gasteiger partial charge >= 0.3 is 0 Å². The van der Waals surface area contributed by atoms with Crippen molar-refractivity contribution in [3.05, 3.63) is 35.1 Å². The zero-order valence-electron chi connectivity index (χ0n) is 10.2. The highest BCUT2D eigenvalue weighted by Crippen LogP contribution is 2.09. The second-order valence-corrected chi connectivity index (χ2v) is 4.26. The lowest BCUT2D eigenvalue weighted by molar-refractivity contribution is 0.158. The molecule has 0 heterocycles. The number of hydrogen-bond acceptors (Lipinski definition) is 2. The fourth-order valence-electron chi connectivity index (χ4n) is 1.63. The van der Waals surface area contributed by atoms with Crippen LogP contribution in [-0.2, 0) is 11.3 Å². The van der Waals surface area contributed by atoms with Gasteiger partial charge in [0.05, 0.1) is 0 Å². The second kappa shape index (κ2) is 6.61. The summed E-state index contributed by atoms with van der Waals surface area (Å²) < 4.78 is 18.1. The molecule has 0 aliphatic heterocycles. The van der Waals surface area contributed by atoms with Crippen LogP contribution in [0.4, 0.5) is 4.39 Å². The van der Waals surface area contributed by atoms with Gasteiger partial charge in [0.1, 0.15) is 5.82 Å². The molecule has 0 spiro atoms. The number of aryl methyl sites for hydroxylation is 1. The van der Waals surface area contributed by atoms with Gasteiger partial charge in [0, 0.05) is 26.8 Å². The van der Waals surface area contributed by atoms with Crippen LogP contribution >= 0.6 is 0 Å². The lowest BCUT2D eigenvalue weighted by atomic mass is 10.1. The predicted molar refractivity (Wildman–Crippen MR) is 63.9 cm³/mol. The number of methoxy groups -OCH3 is 1. The van der Waals surface area contributed by atoms with Crippen LogP contribution in [0.15, 0.2) is 18.2 Å². The third kappa shape index (κ3) is 4.29. The summed E-state index contributed by atoms with van der Waals surface area (Å²) in [5.74, 6) is 0.297. The number of benzene rings is 1. The molecular weight excluding hydrogens is 205 g/mol. The van der Waals surface area contributed by atoms with Crippen LogP contribution in [0.5, 0.6) is 0 Å². The molecule has 1 aromatic carbocycles. The third-order valence-corrected chi connectivity index (χ3v) is 2.57. The Kier molecular flexibility index (Phi) is 5.43. The molecule has 0 saturated carbocycles. The Balaban J connectivity index is 2.39. The van der Waals surface area contributed by atoms with E-state index < -0.39 is 0 Å². The fraction of sp³-hybridized carbons (Fsp3) is 0.538. The Hall–Kier alpha value is -0.930. The Morgan fingerprint density at radius 1 is 1.44 bits per heavy atom. The van der Waals surface area contributed by atoms with Crippen LogP contribution < -0.4 is 5.32 Å². The minimum Gasteiger partial charge on any atom is -0.384 e. The molecule has 1 rings (SSSR count). The first-order valence-corrected chi connectivity index (χ1v) is 5.58. The minimum atomic E-state index is -0.174. The normalized spacial score (nSPS) is 12.8. The zero-order valence-corrected chi connectivity index (χ0v) is 10.2. The van der Waals surface area contributed by atoms with Gasteiger partial charge in [0.15, 0.2) is 0 Å². The van der Waals surface area contributed by atoms with E-state index in [-0.39, 0.29) is 5.82 Å². The van der Waals surface area contributed by atoms with Crippen molar-refractivity contribution in [3.8, 4) is 0 Å². The van der Waals surface area contributed by atoms with Crippen molar-refractivity contribution >= 4 is 0 Å². The van der Waals surface area contributed by atoms with Crippen molar-refractivity contribution in [3.63, 3.8) is 0 Å². The fourth-order valence-corrected chi connectivity index (χ4v) is 1.63. The highest BCUT2D eigenvalue weighted by atomic mass is 19.1. The molecule has 1 N–H and O–H groups in total. The van der Waals surface area contributed by atoms with E-state index in [0.29, 0.717) is 12.5 Å². The van der Waals surface area contributed by atoms with E-state index in [1.165, 1.54) is 6.07 Å². The third-order valence-electron chi connectivity index (χ3n) is 2.57. The molecule has 1 atom stereocenters. The summed E-state index contributed by atoms with van der Waals surface area (Å²) in [6.07, 6.45) is 0. The summed E-state index contributed by atoms with van der Waals surface area (Å²) in [4.78, 5) is 0. The minimum absolute atomic E-state index is 0.174. The first-order chi connectivity index (χ1) is 7.63. The van der Waals surface area contributed by atoms with E-state index in [4.69, 9.17) is 4.74 Å². The van der Waals surface area contributed by atoms with Gasteiger partial charge in [0.2, 0.25) is 0 Å². The maximum Gasteiger partial charge on any atom is 0.123 e. The van der Waals surface area contributed by atoms with Crippen molar-refractivity contribution < 1.29 is 9.13 Å². The SMILES string of the molecule is COCC(C)CNCc1cc(F)ccc1C. The second-order valence-electron chi connectivity index (χ2n) is 4.26. The highest BCUT2D eigenvalue weighted by Gasteiger charge is 2.03. The summed E-state index contributed by atoms with van der Waals surface area (Å²) >= 11 is 0. The van der Waals surface area contributed by atoms with Crippen LogP contribution in [0.1, 0.15) is 18.1 Å². The molecule has 0 fully saturated rings. The average Bonchev–Trinajstić information content (AvgIpc) is 2.23. The van der Waals surface area contributed by atoms with Gasteiger partial charge in [0.25, 0.3) is 0 Å². The first kappa shape index (κ1) is 13.1. The summed E-state index contributed by atoms with van der Waals surface area (Å²) in [5.41, 5.74) is 2.14. The summed E-state index contributed by atoms with van der Waals surface area (Å²) in [5, 5.41) is 3.31. The van der Waals surface area contributed by atoms with Gasteiger partial charge in [-0.05, 0) is 36.1 Å². The highest BCUT2D eigenvalue weighted by molar-refractivity contribution is 5.26. The molecule has 3 heteroatoms. The van der Waals surface area contributed by atoms with Crippen LogP contribution in [0, 0.1) is 18.7 Å². The van der Waals surface area contributed by atoms with Gasteiger partial charge in [-0.25, -0.2) is 4.39 Å². The van der Waals surface area contributed by atoms with E-state index in [9.17, 15) is 4.39 Å². The molecule has 0 aromatic heterocycles. The summed E-state index contributed by atoms with van der Waals surface area (Å²) in [7, 11) is 1.70.